The fourth-order valence-corrected chi connectivity index (χ4v) is 2.28. The summed E-state index contributed by atoms with van der Waals surface area (Å²) >= 11 is 9.14. The van der Waals surface area contributed by atoms with Gasteiger partial charge in [-0.3, -0.25) is 4.79 Å². The van der Waals surface area contributed by atoms with E-state index in [9.17, 15) is 4.79 Å². The van der Waals surface area contributed by atoms with Crippen molar-refractivity contribution in [2.75, 3.05) is 11.9 Å². The molecule has 2 N–H and O–H groups in total. The van der Waals surface area contributed by atoms with E-state index in [1.165, 1.54) is 6.92 Å². The molecule has 0 radical (unpaired) electrons. The second-order valence-corrected chi connectivity index (χ2v) is 5.00. The van der Waals surface area contributed by atoms with Gasteiger partial charge >= 0.3 is 0 Å². The summed E-state index contributed by atoms with van der Waals surface area (Å²) < 4.78 is 6.13. The molecule has 2 rings (SSSR count). The number of nitrogens with one attached hydrogen (secondary N) is 1. The highest BCUT2D eigenvalue weighted by atomic mass is 79.9. The van der Waals surface area contributed by atoms with E-state index in [0.29, 0.717) is 20.9 Å². The number of amides is 1. The maximum Gasteiger partial charge on any atom is 0.270 e. The molecule has 6 heteroatoms. The molecule has 1 aromatic carbocycles. The van der Waals surface area contributed by atoms with Crippen LogP contribution in [0.5, 0.6) is 5.75 Å². The van der Waals surface area contributed by atoms with Crippen molar-refractivity contribution in [2.45, 2.75) is 12.5 Å². The number of rotatable bonds is 1. The van der Waals surface area contributed by atoms with E-state index in [1.54, 1.807) is 12.1 Å². The number of ether oxygens (including phenoxy) is 1. The van der Waals surface area contributed by atoms with Crippen LogP contribution in [-0.2, 0) is 4.79 Å². The van der Waals surface area contributed by atoms with Crippen molar-refractivity contribution in [2.24, 2.45) is 0 Å². The number of anilines is 1. The molecule has 0 fully saturated rings. The van der Waals surface area contributed by atoms with E-state index >= 15 is 0 Å². The summed E-state index contributed by atoms with van der Waals surface area (Å²) in [5.74, 6) is 0.0808. The van der Waals surface area contributed by atoms with Gasteiger partial charge in [-0.15, -0.1) is 0 Å². The molecule has 0 aromatic heterocycles. The largest absolute Gasteiger partial charge is 0.472 e. The van der Waals surface area contributed by atoms with E-state index in [2.05, 4.69) is 21.2 Å². The Hall–Kier alpha value is -0.780. The zero-order valence-corrected chi connectivity index (χ0v) is 10.7. The number of hydrogen-bond acceptors (Lipinski definition) is 3. The van der Waals surface area contributed by atoms with Gasteiger partial charge in [-0.25, -0.2) is 0 Å². The van der Waals surface area contributed by atoms with Gasteiger partial charge in [0.15, 0.2) is 5.75 Å². The molecule has 4 nitrogen and oxygen atoms in total. The monoisotopic (exact) mass is 305 g/mol. The molecular formula is C10H9BrClNO3. The topological polar surface area (TPSA) is 58.6 Å². The number of hydrogen-bond donors (Lipinski definition) is 2. The van der Waals surface area contributed by atoms with Gasteiger partial charge in [0.1, 0.15) is 0 Å². The number of carbonyl (C=O) groups is 1. The number of aliphatic hydroxyl groups is 1. The average Bonchev–Trinajstić information content (AvgIpc) is 2.21. The maximum atomic E-state index is 11.7. The zero-order valence-electron chi connectivity index (χ0n) is 8.38. The van der Waals surface area contributed by atoms with Crippen LogP contribution in [0.3, 0.4) is 0 Å². The van der Waals surface area contributed by atoms with Gasteiger partial charge in [0.2, 0.25) is 5.60 Å². The molecule has 16 heavy (non-hydrogen) atoms. The molecule has 0 saturated heterocycles. The molecule has 0 bridgehead atoms. The summed E-state index contributed by atoms with van der Waals surface area (Å²) in [5.41, 5.74) is -0.765. The molecule has 1 aliphatic heterocycles. The standard InChI is InChI=1S/C10H9BrClNO3/c1-10(4-14)9(15)13-7-3-5(12)2-6(11)8(7)16-10/h2-3,14H,4H2,1H3,(H,13,15)/t10-/m0/s1. The third-order valence-corrected chi connectivity index (χ3v) is 3.17. The van der Waals surface area contributed by atoms with E-state index in [4.69, 9.17) is 21.4 Å². The highest BCUT2D eigenvalue weighted by Crippen LogP contribution is 2.41. The number of benzene rings is 1. The highest BCUT2D eigenvalue weighted by Gasteiger charge is 2.40. The third-order valence-electron chi connectivity index (χ3n) is 2.37. The van der Waals surface area contributed by atoms with Crippen molar-refractivity contribution in [1.82, 2.24) is 0 Å². The van der Waals surface area contributed by atoms with Crippen LogP contribution in [0, 0.1) is 0 Å². The number of aliphatic hydroxyl groups excluding tert-OH is 1. The van der Waals surface area contributed by atoms with Crippen molar-refractivity contribution < 1.29 is 14.6 Å². The molecule has 1 amide bonds. The Morgan fingerprint density at radius 1 is 1.62 bits per heavy atom. The third kappa shape index (κ3) is 1.79. The van der Waals surface area contributed by atoms with Crippen molar-refractivity contribution in [1.29, 1.82) is 0 Å². The fourth-order valence-electron chi connectivity index (χ4n) is 1.39. The van der Waals surface area contributed by atoms with Crippen LogP contribution >= 0.6 is 27.5 Å². The van der Waals surface area contributed by atoms with Crippen LogP contribution in [0.2, 0.25) is 5.02 Å². The summed E-state index contributed by atoms with van der Waals surface area (Å²) in [6, 6.07) is 3.26. The minimum absolute atomic E-state index is 0.392. The Morgan fingerprint density at radius 3 is 2.94 bits per heavy atom. The lowest BCUT2D eigenvalue weighted by Gasteiger charge is -2.33. The molecule has 0 saturated carbocycles. The van der Waals surface area contributed by atoms with Gasteiger partial charge in [-0.05, 0) is 35.0 Å². The Kier molecular flexibility index (Phi) is 2.86. The van der Waals surface area contributed by atoms with Crippen molar-refractivity contribution >= 4 is 39.1 Å². The van der Waals surface area contributed by atoms with Crippen LogP contribution in [0.4, 0.5) is 5.69 Å². The molecule has 1 aliphatic rings. The van der Waals surface area contributed by atoms with Crippen LogP contribution in [-0.4, -0.2) is 23.2 Å². The summed E-state index contributed by atoms with van der Waals surface area (Å²) in [6.45, 7) is 1.12. The first-order valence-corrected chi connectivity index (χ1v) is 5.74. The number of carbonyl (C=O) groups excluding carboxylic acids is 1. The molecule has 0 unspecified atom stereocenters. The Labute approximate surface area is 106 Å². The second-order valence-electron chi connectivity index (χ2n) is 3.71. The van der Waals surface area contributed by atoms with Gasteiger partial charge in [0, 0.05) is 5.02 Å². The highest BCUT2D eigenvalue weighted by molar-refractivity contribution is 9.10. The smallest absolute Gasteiger partial charge is 0.270 e. The Balaban J connectivity index is 2.51. The lowest BCUT2D eigenvalue weighted by atomic mass is 10.0. The first kappa shape index (κ1) is 11.7. The molecule has 1 atom stereocenters. The second kappa shape index (κ2) is 3.91. The van der Waals surface area contributed by atoms with Gasteiger partial charge in [-0.2, -0.15) is 0 Å². The van der Waals surface area contributed by atoms with Crippen LogP contribution < -0.4 is 10.1 Å². The van der Waals surface area contributed by atoms with Crippen molar-refractivity contribution in [3.8, 4) is 5.75 Å². The summed E-state index contributed by atoms with van der Waals surface area (Å²) in [4.78, 5) is 11.7. The average molecular weight is 307 g/mol. The minimum atomic E-state index is -1.26. The van der Waals surface area contributed by atoms with Gasteiger partial charge < -0.3 is 15.2 Å². The van der Waals surface area contributed by atoms with Gasteiger partial charge in [0.25, 0.3) is 5.91 Å². The van der Waals surface area contributed by atoms with E-state index in [0.717, 1.165) is 0 Å². The predicted octanol–water partition coefficient (Wildman–Crippen LogP) is 2.18. The van der Waals surface area contributed by atoms with Crippen molar-refractivity contribution in [3.05, 3.63) is 21.6 Å². The summed E-state index contributed by atoms with van der Waals surface area (Å²) in [7, 11) is 0. The molecule has 0 spiro atoms. The maximum absolute atomic E-state index is 11.7. The first-order chi connectivity index (χ1) is 7.46. The van der Waals surface area contributed by atoms with Crippen LogP contribution in [0.15, 0.2) is 16.6 Å². The SMILES string of the molecule is C[C@@]1(CO)Oc2c(Br)cc(Cl)cc2NC1=O. The normalized spacial score (nSPS) is 23.4. The molecular weight excluding hydrogens is 297 g/mol. The summed E-state index contributed by atoms with van der Waals surface area (Å²) in [6.07, 6.45) is 0. The van der Waals surface area contributed by atoms with Crippen LogP contribution in [0.25, 0.3) is 0 Å². The van der Waals surface area contributed by atoms with E-state index < -0.39 is 18.1 Å². The van der Waals surface area contributed by atoms with Gasteiger partial charge in [0.05, 0.1) is 16.8 Å². The van der Waals surface area contributed by atoms with E-state index in [1.807, 2.05) is 0 Å². The fraction of sp³-hybridized carbons (Fsp3) is 0.300. The Morgan fingerprint density at radius 2 is 2.31 bits per heavy atom. The minimum Gasteiger partial charge on any atom is -0.472 e. The predicted molar refractivity (Wildman–Crippen MR) is 63.9 cm³/mol. The van der Waals surface area contributed by atoms with Gasteiger partial charge in [-0.1, -0.05) is 11.6 Å². The van der Waals surface area contributed by atoms with Crippen molar-refractivity contribution in [3.63, 3.8) is 0 Å². The van der Waals surface area contributed by atoms with E-state index in [-0.39, 0.29) is 0 Å². The number of halogens is 2. The zero-order chi connectivity index (χ0) is 11.9. The van der Waals surface area contributed by atoms with Crippen LogP contribution in [0.1, 0.15) is 6.92 Å². The lowest BCUT2D eigenvalue weighted by molar-refractivity contribution is -0.134. The molecule has 0 aliphatic carbocycles. The quantitative estimate of drug-likeness (QED) is 0.836. The number of fused-ring (bicyclic) bond motifs is 1. The Bertz CT molecular complexity index is 466. The molecule has 86 valence electrons. The first-order valence-electron chi connectivity index (χ1n) is 4.56. The lowest BCUT2D eigenvalue weighted by Crippen LogP contribution is -2.51. The summed E-state index contributed by atoms with van der Waals surface area (Å²) in [5, 5.41) is 12.3. The molecule has 1 heterocycles. The molecule has 1 aromatic rings.